The van der Waals surface area contributed by atoms with Crippen LogP contribution >= 0.6 is 11.6 Å². The highest BCUT2D eigenvalue weighted by atomic mass is 35.5. The molecule has 1 fully saturated rings. The predicted molar refractivity (Wildman–Crippen MR) is 126 cm³/mol. The molecule has 2 N–H and O–H groups in total. The quantitative estimate of drug-likeness (QED) is 0.385. The number of aromatic nitrogens is 2. The maximum absolute atomic E-state index is 13.8. The number of amides is 1. The number of carboxylic acid groups (broad SMARTS) is 1. The molecule has 0 saturated heterocycles. The van der Waals surface area contributed by atoms with E-state index in [1.165, 1.54) is 16.8 Å². The Hall–Kier alpha value is -3.07. The van der Waals surface area contributed by atoms with E-state index in [1.807, 2.05) is 0 Å². The van der Waals surface area contributed by atoms with Gasteiger partial charge in [-0.15, -0.1) is 0 Å². The van der Waals surface area contributed by atoms with Gasteiger partial charge in [-0.25, -0.2) is 0 Å². The number of halogens is 4. The second-order valence-electron chi connectivity index (χ2n) is 9.16. The third kappa shape index (κ3) is 5.45. The highest BCUT2D eigenvalue weighted by molar-refractivity contribution is 6.33. The Morgan fingerprint density at radius 3 is 2.51 bits per heavy atom. The third-order valence-corrected chi connectivity index (χ3v) is 7.02. The van der Waals surface area contributed by atoms with Crippen LogP contribution in [0.5, 0.6) is 0 Å². The first-order valence-corrected chi connectivity index (χ1v) is 11.6. The molecule has 3 aromatic rings. The minimum atomic E-state index is -4.62. The highest BCUT2D eigenvalue weighted by Crippen LogP contribution is 2.46. The van der Waals surface area contributed by atoms with Crippen LogP contribution in [0.1, 0.15) is 49.1 Å². The number of carboxylic acids is 1. The van der Waals surface area contributed by atoms with E-state index in [0.717, 1.165) is 25.2 Å². The monoisotopic (exact) mass is 507 g/mol. The van der Waals surface area contributed by atoms with Crippen LogP contribution in [0.15, 0.2) is 42.6 Å². The van der Waals surface area contributed by atoms with Crippen LogP contribution in [0.25, 0.3) is 10.9 Å². The molecule has 0 unspecified atom stereocenters. The lowest BCUT2D eigenvalue weighted by atomic mass is 9.85. The summed E-state index contributed by atoms with van der Waals surface area (Å²) in [6.45, 7) is 0.978. The van der Waals surface area contributed by atoms with Gasteiger partial charge in [0.15, 0.2) is 0 Å². The lowest BCUT2D eigenvalue weighted by molar-refractivity contribution is -0.178. The van der Waals surface area contributed by atoms with Gasteiger partial charge in [0, 0.05) is 12.4 Å². The summed E-state index contributed by atoms with van der Waals surface area (Å²) in [4.78, 5) is 24.7. The summed E-state index contributed by atoms with van der Waals surface area (Å²) in [6.07, 6.45) is -1.28. The molecule has 1 amide bonds. The molecule has 0 aliphatic heterocycles. The van der Waals surface area contributed by atoms with Crippen LogP contribution < -0.4 is 5.32 Å². The molecule has 186 valence electrons. The molecule has 1 aliphatic carbocycles. The van der Waals surface area contributed by atoms with Crippen LogP contribution in [-0.4, -0.2) is 32.9 Å². The minimum absolute atomic E-state index is 0.0713. The van der Waals surface area contributed by atoms with Crippen molar-refractivity contribution in [2.24, 2.45) is 18.9 Å². The average Bonchev–Trinajstić information content (AvgIpc) is 3.56. The van der Waals surface area contributed by atoms with Crippen molar-refractivity contribution >= 4 is 40.1 Å². The van der Waals surface area contributed by atoms with E-state index < -0.39 is 29.9 Å². The van der Waals surface area contributed by atoms with Crippen molar-refractivity contribution in [1.82, 2.24) is 9.78 Å². The molecule has 1 saturated carbocycles. The first kappa shape index (κ1) is 25.0. The molecule has 10 heteroatoms. The molecular formula is C25H25ClF3N3O3. The van der Waals surface area contributed by atoms with Gasteiger partial charge in [0.05, 0.1) is 40.7 Å². The Kier molecular flexibility index (Phi) is 6.81. The van der Waals surface area contributed by atoms with E-state index >= 15 is 0 Å². The van der Waals surface area contributed by atoms with Crippen molar-refractivity contribution in [3.05, 3.63) is 58.7 Å². The maximum atomic E-state index is 13.8. The first-order chi connectivity index (χ1) is 16.5. The van der Waals surface area contributed by atoms with Gasteiger partial charge >= 0.3 is 12.1 Å². The fourth-order valence-electron chi connectivity index (χ4n) is 4.53. The van der Waals surface area contributed by atoms with E-state index in [1.54, 1.807) is 37.5 Å². The fraction of sp³-hybridized carbons (Fsp3) is 0.400. The lowest BCUT2D eigenvalue weighted by Crippen LogP contribution is -2.34. The zero-order valence-electron chi connectivity index (χ0n) is 19.1. The number of hydrogen-bond acceptors (Lipinski definition) is 3. The topological polar surface area (TPSA) is 84.2 Å². The maximum Gasteiger partial charge on any atom is 0.392 e. The molecule has 0 bridgehead atoms. The summed E-state index contributed by atoms with van der Waals surface area (Å²) >= 11 is 6.29. The molecule has 3 atom stereocenters. The third-order valence-electron chi connectivity index (χ3n) is 6.69. The van der Waals surface area contributed by atoms with E-state index in [4.69, 9.17) is 11.6 Å². The number of aryl methyl sites for hydroxylation is 1. The van der Waals surface area contributed by atoms with Crippen molar-refractivity contribution in [2.75, 3.05) is 5.32 Å². The smallest absolute Gasteiger partial charge is 0.392 e. The predicted octanol–water partition coefficient (Wildman–Crippen LogP) is 6.12. The summed E-state index contributed by atoms with van der Waals surface area (Å²) in [6, 6.07) is 9.50. The summed E-state index contributed by atoms with van der Waals surface area (Å²) in [5.41, 5.74) is 1.66. The van der Waals surface area contributed by atoms with Gasteiger partial charge in [-0.1, -0.05) is 36.7 Å². The van der Waals surface area contributed by atoms with Crippen LogP contribution in [0.4, 0.5) is 18.9 Å². The molecule has 1 heterocycles. The number of fused-ring (bicyclic) bond motifs is 1. The van der Waals surface area contributed by atoms with Gasteiger partial charge < -0.3 is 10.4 Å². The number of rotatable bonds is 8. The second-order valence-corrected chi connectivity index (χ2v) is 9.57. The van der Waals surface area contributed by atoms with E-state index in [-0.39, 0.29) is 34.5 Å². The molecule has 4 rings (SSSR count). The minimum Gasteiger partial charge on any atom is -0.481 e. The zero-order valence-corrected chi connectivity index (χ0v) is 19.9. The molecular weight excluding hydrogens is 483 g/mol. The van der Waals surface area contributed by atoms with Crippen LogP contribution in [0, 0.1) is 11.8 Å². The number of anilines is 1. The Morgan fingerprint density at radius 2 is 1.89 bits per heavy atom. The Balaban J connectivity index is 1.68. The summed E-state index contributed by atoms with van der Waals surface area (Å²) in [5.74, 6) is -5.32. The summed E-state index contributed by atoms with van der Waals surface area (Å²) < 4.78 is 42.9. The van der Waals surface area contributed by atoms with Crippen molar-refractivity contribution < 1.29 is 27.9 Å². The van der Waals surface area contributed by atoms with Gasteiger partial charge in [0.25, 0.3) is 0 Å². The largest absolute Gasteiger partial charge is 0.481 e. The van der Waals surface area contributed by atoms with Gasteiger partial charge in [0.2, 0.25) is 5.91 Å². The fourth-order valence-corrected chi connectivity index (χ4v) is 4.70. The second kappa shape index (κ2) is 9.53. The average molecular weight is 508 g/mol. The van der Waals surface area contributed by atoms with E-state index in [0.29, 0.717) is 11.1 Å². The summed E-state index contributed by atoms with van der Waals surface area (Å²) in [7, 11) is 1.67. The Bertz CT molecular complexity index is 1270. The normalized spacial score (nSPS) is 16.6. The molecule has 35 heavy (non-hydrogen) atoms. The zero-order chi connectivity index (χ0) is 25.5. The molecule has 1 aromatic heterocycles. The van der Waals surface area contributed by atoms with Crippen molar-refractivity contribution in [2.45, 2.75) is 44.2 Å². The number of carbonyl (C=O) groups is 2. The van der Waals surface area contributed by atoms with Crippen molar-refractivity contribution in [3.8, 4) is 0 Å². The molecule has 2 aromatic carbocycles. The molecule has 0 spiro atoms. The molecule has 0 radical (unpaired) electrons. The van der Waals surface area contributed by atoms with Crippen LogP contribution in [-0.2, 0) is 16.6 Å². The van der Waals surface area contributed by atoms with E-state index in [9.17, 15) is 27.9 Å². The number of nitrogens with one attached hydrogen (secondary N) is 1. The van der Waals surface area contributed by atoms with Crippen LogP contribution in [0.3, 0.4) is 0 Å². The van der Waals surface area contributed by atoms with Crippen LogP contribution in [0.2, 0.25) is 5.02 Å². The molecule has 6 nitrogen and oxygen atoms in total. The van der Waals surface area contributed by atoms with E-state index in [2.05, 4.69) is 10.4 Å². The van der Waals surface area contributed by atoms with Crippen molar-refractivity contribution in [1.29, 1.82) is 0 Å². The number of benzene rings is 2. The Morgan fingerprint density at radius 1 is 1.20 bits per heavy atom. The van der Waals surface area contributed by atoms with Gasteiger partial charge in [-0.3, -0.25) is 14.3 Å². The Labute approximate surface area is 205 Å². The molecule has 1 aliphatic rings. The van der Waals surface area contributed by atoms with Gasteiger partial charge in [0.1, 0.15) is 0 Å². The highest BCUT2D eigenvalue weighted by Gasteiger charge is 2.45. The number of nitrogens with zero attached hydrogens (tertiary/aromatic N) is 2. The lowest BCUT2D eigenvalue weighted by Gasteiger charge is -2.26. The standard InChI is InChI=1S/C25H25ClF3N3O3/c1-13(25(27,28)29)23(16-5-6-17-12-30-32(2)21(17)10-16)24(35)31-20-9-15(7-8-19(20)26)18(11-22(33)34)14-3-4-14/h5-10,12-14,18,23H,3-4,11H2,1-2H3,(H,31,35)(H,33,34)/t13-,18+,23-/m1/s1. The summed E-state index contributed by atoms with van der Waals surface area (Å²) in [5, 5.41) is 16.9. The van der Waals surface area contributed by atoms with Gasteiger partial charge in [-0.2, -0.15) is 18.3 Å². The number of aliphatic carboxylic acids is 1. The van der Waals surface area contributed by atoms with Crippen molar-refractivity contribution in [3.63, 3.8) is 0 Å². The SMILES string of the molecule is C[C@H]([C@@H](C(=O)Nc1cc([C@@H](CC(=O)O)C2CC2)ccc1Cl)c1ccc2cnn(C)c2c1)C(F)(F)F. The van der Waals surface area contributed by atoms with Gasteiger partial charge in [-0.05, 0) is 54.0 Å². The number of alkyl halides is 3. The number of carbonyl (C=O) groups excluding carboxylic acids is 1. The number of hydrogen-bond donors (Lipinski definition) is 2. The first-order valence-electron chi connectivity index (χ1n) is 11.3.